The Hall–Kier alpha value is -2.66. The minimum atomic E-state index is 0.812. The van der Waals surface area contributed by atoms with Crippen molar-refractivity contribution in [3.05, 3.63) is 65.0 Å². The van der Waals surface area contributed by atoms with Gasteiger partial charge in [0.15, 0.2) is 0 Å². The van der Waals surface area contributed by atoms with Gasteiger partial charge in [-0.2, -0.15) is 5.10 Å². The average molecular weight is 351 g/mol. The van der Waals surface area contributed by atoms with E-state index in [2.05, 4.69) is 29.6 Å². The molecule has 0 saturated carbocycles. The summed E-state index contributed by atoms with van der Waals surface area (Å²) in [7, 11) is 1.66. The average Bonchev–Trinajstić information content (AvgIpc) is 3.06. The minimum Gasteiger partial charge on any atom is -0.497 e. The maximum Gasteiger partial charge on any atom is 0.204 e. The summed E-state index contributed by atoms with van der Waals surface area (Å²) in [5.74, 6) is 0.835. The number of aromatic nitrogens is 1. The zero-order chi connectivity index (χ0) is 17.5. The molecule has 0 spiro atoms. The molecule has 0 aliphatic rings. The predicted octanol–water partition coefficient (Wildman–Crippen LogP) is 5.22. The molecule has 0 aliphatic carbocycles. The van der Waals surface area contributed by atoms with Gasteiger partial charge in [-0.3, -0.25) is 5.43 Å². The third-order valence-electron chi connectivity index (χ3n) is 3.71. The van der Waals surface area contributed by atoms with Crippen molar-refractivity contribution < 1.29 is 4.74 Å². The van der Waals surface area contributed by atoms with E-state index in [1.54, 1.807) is 24.7 Å². The maximum atomic E-state index is 5.16. The van der Waals surface area contributed by atoms with E-state index in [4.69, 9.17) is 9.72 Å². The van der Waals surface area contributed by atoms with Crippen LogP contribution in [0.3, 0.4) is 0 Å². The molecule has 0 fully saturated rings. The molecule has 1 aromatic heterocycles. The molecule has 0 radical (unpaired) electrons. The van der Waals surface area contributed by atoms with Crippen LogP contribution in [-0.2, 0) is 6.42 Å². The summed E-state index contributed by atoms with van der Waals surface area (Å²) in [6.07, 6.45) is 3.89. The molecule has 5 heteroatoms. The Kier molecular flexibility index (Phi) is 5.80. The Bertz CT molecular complexity index is 826. The van der Waals surface area contributed by atoms with Crippen LogP contribution in [0.2, 0.25) is 0 Å². The first kappa shape index (κ1) is 17.2. The number of hydrogen-bond acceptors (Lipinski definition) is 5. The van der Waals surface area contributed by atoms with Crippen LogP contribution >= 0.6 is 11.3 Å². The summed E-state index contributed by atoms with van der Waals surface area (Å²) in [6.45, 7) is 2.18. The van der Waals surface area contributed by atoms with Gasteiger partial charge < -0.3 is 4.74 Å². The van der Waals surface area contributed by atoms with Crippen molar-refractivity contribution in [2.45, 2.75) is 19.8 Å². The van der Waals surface area contributed by atoms with Crippen LogP contribution in [-0.4, -0.2) is 18.3 Å². The molecular formula is C20H21N3OS. The first-order valence-electron chi connectivity index (χ1n) is 8.28. The standard InChI is InChI=1S/C20H21N3OS/c1-3-7-18-19(16-8-5-4-6-9-16)22-20(25-18)23-21-14-15-10-12-17(24-2)13-11-15/h4-6,8-14H,3,7H2,1-2H3,(H,22,23). The Morgan fingerprint density at radius 2 is 1.88 bits per heavy atom. The zero-order valence-electron chi connectivity index (χ0n) is 14.4. The second-order valence-electron chi connectivity index (χ2n) is 5.55. The lowest BCUT2D eigenvalue weighted by Gasteiger charge is -2.00. The molecule has 0 saturated heterocycles. The van der Waals surface area contributed by atoms with Crippen LogP contribution < -0.4 is 10.2 Å². The molecule has 0 atom stereocenters. The molecule has 0 amide bonds. The van der Waals surface area contributed by atoms with Crippen molar-refractivity contribution >= 4 is 22.7 Å². The lowest BCUT2D eigenvalue weighted by atomic mass is 10.1. The topological polar surface area (TPSA) is 46.5 Å². The van der Waals surface area contributed by atoms with E-state index in [0.29, 0.717) is 0 Å². The number of benzene rings is 2. The van der Waals surface area contributed by atoms with Gasteiger partial charge in [0.2, 0.25) is 5.13 Å². The van der Waals surface area contributed by atoms with Crippen molar-refractivity contribution in [1.29, 1.82) is 0 Å². The number of rotatable bonds is 7. The van der Waals surface area contributed by atoms with Crippen molar-refractivity contribution in [3.63, 3.8) is 0 Å². The zero-order valence-corrected chi connectivity index (χ0v) is 15.2. The first-order valence-corrected chi connectivity index (χ1v) is 9.10. The summed E-state index contributed by atoms with van der Waals surface area (Å²) < 4.78 is 5.16. The van der Waals surface area contributed by atoms with Crippen LogP contribution in [0.4, 0.5) is 5.13 Å². The first-order chi connectivity index (χ1) is 12.3. The van der Waals surface area contributed by atoms with Crippen LogP contribution in [0.5, 0.6) is 5.75 Å². The third-order valence-corrected chi connectivity index (χ3v) is 4.73. The second-order valence-corrected chi connectivity index (χ2v) is 6.63. The molecular weight excluding hydrogens is 330 g/mol. The van der Waals surface area contributed by atoms with Gasteiger partial charge >= 0.3 is 0 Å². The van der Waals surface area contributed by atoms with Crippen LogP contribution in [0, 0.1) is 0 Å². The van der Waals surface area contributed by atoms with E-state index < -0.39 is 0 Å². The smallest absolute Gasteiger partial charge is 0.204 e. The second kappa shape index (κ2) is 8.44. The largest absolute Gasteiger partial charge is 0.497 e. The quantitative estimate of drug-likeness (QED) is 0.469. The fourth-order valence-electron chi connectivity index (χ4n) is 2.47. The predicted molar refractivity (Wildman–Crippen MR) is 106 cm³/mol. The van der Waals surface area contributed by atoms with Crippen LogP contribution in [0.25, 0.3) is 11.3 Å². The number of nitrogens with zero attached hydrogens (tertiary/aromatic N) is 2. The highest BCUT2D eigenvalue weighted by Gasteiger charge is 2.11. The molecule has 0 bridgehead atoms. The highest BCUT2D eigenvalue weighted by Crippen LogP contribution is 2.32. The molecule has 0 unspecified atom stereocenters. The Morgan fingerprint density at radius 3 is 2.56 bits per heavy atom. The Morgan fingerprint density at radius 1 is 1.12 bits per heavy atom. The van der Waals surface area contributed by atoms with Crippen LogP contribution in [0.15, 0.2) is 59.7 Å². The van der Waals surface area contributed by atoms with Crippen molar-refractivity contribution in [2.75, 3.05) is 12.5 Å². The van der Waals surface area contributed by atoms with Crippen molar-refractivity contribution in [3.8, 4) is 17.0 Å². The summed E-state index contributed by atoms with van der Waals surface area (Å²) in [5.41, 5.74) is 6.26. The Labute approximate surface area is 152 Å². The lowest BCUT2D eigenvalue weighted by Crippen LogP contribution is -1.90. The molecule has 3 aromatic rings. The number of hydrazone groups is 1. The lowest BCUT2D eigenvalue weighted by molar-refractivity contribution is 0.415. The number of hydrogen-bond donors (Lipinski definition) is 1. The molecule has 1 N–H and O–H groups in total. The summed E-state index contributed by atoms with van der Waals surface area (Å²) in [5, 5.41) is 5.12. The highest BCUT2D eigenvalue weighted by atomic mass is 32.1. The van der Waals surface area contributed by atoms with E-state index in [0.717, 1.165) is 40.5 Å². The van der Waals surface area contributed by atoms with Crippen LogP contribution in [0.1, 0.15) is 23.8 Å². The molecule has 25 heavy (non-hydrogen) atoms. The SMILES string of the molecule is CCCc1sc(NN=Cc2ccc(OC)cc2)nc1-c1ccccc1. The van der Waals surface area contributed by atoms with Gasteiger partial charge in [0, 0.05) is 10.4 Å². The fraction of sp³-hybridized carbons (Fsp3) is 0.200. The Balaban J connectivity index is 1.75. The van der Waals surface area contributed by atoms with Gasteiger partial charge in [-0.1, -0.05) is 55.0 Å². The fourth-order valence-corrected chi connectivity index (χ4v) is 3.50. The van der Waals surface area contributed by atoms with E-state index in [-0.39, 0.29) is 0 Å². The van der Waals surface area contributed by atoms with Gasteiger partial charge in [0.1, 0.15) is 5.75 Å². The maximum absolute atomic E-state index is 5.16. The third kappa shape index (κ3) is 4.45. The van der Waals surface area contributed by atoms with Gasteiger partial charge in [0.05, 0.1) is 19.0 Å². The summed E-state index contributed by atoms with van der Waals surface area (Å²) >= 11 is 1.66. The van der Waals surface area contributed by atoms with E-state index in [1.165, 1.54) is 4.88 Å². The molecule has 1 heterocycles. The number of nitrogens with one attached hydrogen (secondary N) is 1. The summed E-state index contributed by atoms with van der Waals surface area (Å²) in [4.78, 5) is 6.02. The van der Waals surface area contributed by atoms with Gasteiger partial charge in [-0.05, 0) is 36.2 Å². The summed E-state index contributed by atoms with van der Waals surface area (Å²) in [6, 6.07) is 18.0. The normalized spacial score (nSPS) is 11.0. The molecule has 0 aliphatic heterocycles. The number of thiazole rings is 1. The highest BCUT2D eigenvalue weighted by molar-refractivity contribution is 7.16. The minimum absolute atomic E-state index is 0.812. The number of anilines is 1. The van der Waals surface area contributed by atoms with E-state index in [9.17, 15) is 0 Å². The molecule has 2 aromatic carbocycles. The van der Waals surface area contributed by atoms with Crippen molar-refractivity contribution in [1.82, 2.24) is 4.98 Å². The van der Waals surface area contributed by atoms with E-state index in [1.807, 2.05) is 42.5 Å². The molecule has 4 nitrogen and oxygen atoms in total. The van der Waals surface area contributed by atoms with E-state index >= 15 is 0 Å². The number of aryl methyl sites for hydroxylation is 1. The molecule has 3 rings (SSSR count). The molecule has 128 valence electrons. The monoisotopic (exact) mass is 351 g/mol. The van der Waals surface area contributed by atoms with Gasteiger partial charge in [-0.15, -0.1) is 0 Å². The van der Waals surface area contributed by atoms with Gasteiger partial charge in [-0.25, -0.2) is 4.98 Å². The number of methoxy groups -OCH3 is 1. The van der Waals surface area contributed by atoms with Gasteiger partial charge in [0.25, 0.3) is 0 Å². The van der Waals surface area contributed by atoms with Crippen molar-refractivity contribution in [2.24, 2.45) is 5.10 Å². The number of ether oxygens (including phenoxy) is 1.